The van der Waals surface area contributed by atoms with Gasteiger partial charge in [0.2, 0.25) is 0 Å². The normalized spacial score (nSPS) is 17.6. The van der Waals surface area contributed by atoms with E-state index >= 15 is 0 Å². The molecule has 0 aromatic carbocycles. The highest BCUT2D eigenvalue weighted by atomic mass is 16.2. The van der Waals surface area contributed by atoms with Crippen LogP contribution >= 0.6 is 0 Å². The molecule has 1 aliphatic rings. The smallest absolute Gasteiger partial charge is 0.320 e. The molecule has 124 valence electrons. The monoisotopic (exact) mass is 318 g/mol. The quantitative estimate of drug-likeness (QED) is 0.887. The van der Waals surface area contributed by atoms with E-state index in [-0.39, 0.29) is 23.8 Å². The molecule has 1 aromatic heterocycles. The lowest BCUT2D eigenvalue weighted by Crippen LogP contribution is -2.33. The summed E-state index contributed by atoms with van der Waals surface area (Å²) >= 11 is 0. The standard InChI is InChI=1S/C15H22N6O2/c1-5-7-16-15(23)18-12-8-9(3)20-21(12)14-17-10(4)11(6-2)13(22)19-14/h8,11H,5-7H2,1-4H3,(H2,16,18,23). The van der Waals surface area contributed by atoms with E-state index in [1.54, 1.807) is 19.9 Å². The molecule has 0 saturated heterocycles. The highest BCUT2D eigenvalue weighted by Gasteiger charge is 2.26. The van der Waals surface area contributed by atoms with Gasteiger partial charge in [0.1, 0.15) is 5.82 Å². The molecule has 2 rings (SSSR count). The number of amides is 3. The molecule has 8 nitrogen and oxygen atoms in total. The minimum Gasteiger partial charge on any atom is -0.338 e. The zero-order valence-corrected chi connectivity index (χ0v) is 13.9. The zero-order chi connectivity index (χ0) is 17.0. The zero-order valence-electron chi connectivity index (χ0n) is 13.9. The minimum absolute atomic E-state index is 0.177. The molecule has 1 unspecified atom stereocenters. The van der Waals surface area contributed by atoms with E-state index in [9.17, 15) is 9.59 Å². The molecule has 8 heteroatoms. The van der Waals surface area contributed by atoms with Gasteiger partial charge in [0, 0.05) is 18.3 Å². The molecular weight excluding hydrogens is 296 g/mol. The van der Waals surface area contributed by atoms with Gasteiger partial charge in [0.05, 0.1) is 11.6 Å². The number of hydrogen-bond acceptors (Lipinski definition) is 4. The van der Waals surface area contributed by atoms with E-state index in [1.165, 1.54) is 4.68 Å². The highest BCUT2D eigenvalue weighted by molar-refractivity contribution is 6.15. The minimum atomic E-state index is -0.331. The lowest BCUT2D eigenvalue weighted by molar-refractivity contribution is -0.119. The third kappa shape index (κ3) is 3.82. The topological polar surface area (TPSA) is 101 Å². The Balaban J connectivity index is 2.27. The number of rotatable bonds is 4. The van der Waals surface area contributed by atoms with Crippen LogP contribution in [-0.2, 0) is 4.79 Å². The fourth-order valence-corrected chi connectivity index (χ4v) is 2.32. The number of aromatic nitrogens is 2. The fourth-order valence-electron chi connectivity index (χ4n) is 2.32. The van der Waals surface area contributed by atoms with E-state index in [4.69, 9.17) is 0 Å². The first-order chi connectivity index (χ1) is 11.0. The van der Waals surface area contributed by atoms with Gasteiger partial charge in [0.25, 0.3) is 11.9 Å². The van der Waals surface area contributed by atoms with Crippen LogP contribution in [0.15, 0.2) is 16.1 Å². The number of urea groups is 1. The number of carbonyl (C=O) groups excluding carboxylic acids is 2. The summed E-state index contributed by atoms with van der Waals surface area (Å²) in [5.41, 5.74) is 1.40. The maximum Gasteiger partial charge on any atom is 0.320 e. The summed E-state index contributed by atoms with van der Waals surface area (Å²) in [6, 6.07) is 1.37. The average molecular weight is 318 g/mol. The van der Waals surface area contributed by atoms with Crippen molar-refractivity contribution in [1.29, 1.82) is 0 Å². The molecule has 2 heterocycles. The second-order valence-corrected chi connectivity index (χ2v) is 5.43. The van der Waals surface area contributed by atoms with Gasteiger partial charge < -0.3 is 5.32 Å². The van der Waals surface area contributed by atoms with Crippen molar-refractivity contribution in [3.63, 3.8) is 0 Å². The molecule has 0 saturated carbocycles. The van der Waals surface area contributed by atoms with Gasteiger partial charge in [-0.1, -0.05) is 13.8 Å². The van der Waals surface area contributed by atoms with E-state index < -0.39 is 0 Å². The number of anilines is 1. The number of nitrogens with one attached hydrogen (secondary N) is 2. The summed E-state index contributed by atoms with van der Waals surface area (Å²) in [7, 11) is 0. The molecular formula is C15H22N6O2. The van der Waals surface area contributed by atoms with Crippen LogP contribution in [0, 0.1) is 12.8 Å². The predicted octanol–water partition coefficient (Wildman–Crippen LogP) is 1.95. The molecule has 0 aliphatic carbocycles. The number of aryl methyl sites for hydroxylation is 1. The first-order valence-corrected chi connectivity index (χ1v) is 7.75. The third-order valence-electron chi connectivity index (χ3n) is 3.50. The van der Waals surface area contributed by atoms with Crippen LogP contribution in [0.1, 0.15) is 39.3 Å². The molecule has 0 spiro atoms. The van der Waals surface area contributed by atoms with Gasteiger partial charge in [-0.15, -0.1) is 0 Å². The summed E-state index contributed by atoms with van der Waals surface area (Å²) in [5.74, 6) is 0.0921. The Morgan fingerprint density at radius 3 is 2.65 bits per heavy atom. The maximum atomic E-state index is 12.1. The number of carbonyl (C=O) groups is 2. The van der Waals surface area contributed by atoms with E-state index in [0.29, 0.717) is 30.2 Å². The molecule has 1 aliphatic heterocycles. The second kappa shape index (κ2) is 7.17. The van der Waals surface area contributed by atoms with Crippen LogP contribution in [0.3, 0.4) is 0 Å². The molecule has 2 N–H and O–H groups in total. The average Bonchev–Trinajstić information content (AvgIpc) is 2.85. The van der Waals surface area contributed by atoms with Gasteiger partial charge >= 0.3 is 6.03 Å². The second-order valence-electron chi connectivity index (χ2n) is 5.43. The molecule has 1 aromatic rings. The van der Waals surface area contributed by atoms with E-state index in [0.717, 1.165) is 6.42 Å². The summed E-state index contributed by atoms with van der Waals surface area (Å²) < 4.78 is 1.38. The summed E-state index contributed by atoms with van der Waals surface area (Å²) in [4.78, 5) is 32.3. The van der Waals surface area contributed by atoms with Crippen LogP contribution in [0.5, 0.6) is 0 Å². The van der Waals surface area contributed by atoms with Crippen molar-refractivity contribution in [2.45, 2.75) is 40.5 Å². The maximum absolute atomic E-state index is 12.1. The van der Waals surface area contributed by atoms with Gasteiger partial charge in [-0.2, -0.15) is 14.8 Å². The molecule has 1 atom stereocenters. The van der Waals surface area contributed by atoms with Crippen molar-refractivity contribution in [3.05, 3.63) is 11.8 Å². The molecule has 23 heavy (non-hydrogen) atoms. The molecule has 0 bridgehead atoms. The Morgan fingerprint density at radius 2 is 2.04 bits per heavy atom. The van der Waals surface area contributed by atoms with Gasteiger partial charge in [-0.3, -0.25) is 10.1 Å². The number of hydrogen-bond donors (Lipinski definition) is 2. The number of aliphatic imine (C=N–C) groups is 2. The fraction of sp³-hybridized carbons (Fsp3) is 0.533. The Kier molecular flexibility index (Phi) is 5.25. The Hall–Kier alpha value is -2.51. The summed E-state index contributed by atoms with van der Waals surface area (Å²) in [6.45, 7) is 8.07. The van der Waals surface area contributed by atoms with Crippen molar-refractivity contribution in [2.24, 2.45) is 15.9 Å². The van der Waals surface area contributed by atoms with Crippen LogP contribution in [0.2, 0.25) is 0 Å². The molecule has 0 radical (unpaired) electrons. The third-order valence-corrected chi connectivity index (χ3v) is 3.50. The van der Waals surface area contributed by atoms with Gasteiger partial charge in [0.15, 0.2) is 0 Å². The summed E-state index contributed by atoms with van der Waals surface area (Å²) in [5, 5.41) is 9.70. The predicted molar refractivity (Wildman–Crippen MR) is 89.0 cm³/mol. The van der Waals surface area contributed by atoms with Crippen molar-refractivity contribution in [1.82, 2.24) is 15.1 Å². The van der Waals surface area contributed by atoms with Crippen molar-refractivity contribution in [3.8, 4) is 0 Å². The van der Waals surface area contributed by atoms with Crippen molar-refractivity contribution >= 4 is 29.4 Å². The van der Waals surface area contributed by atoms with Crippen LogP contribution in [0.25, 0.3) is 0 Å². The lowest BCUT2D eigenvalue weighted by atomic mass is 10.00. The Labute approximate surface area is 135 Å². The van der Waals surface area contributed by atoms with Gasteiger partial charge in [-0.05, 0) is 26.7 Å². The van der Waals surface area contributed by atoms with Crippen LogP contribution in [-0.4, -0.2) is 39.9 Å². The van der Waals surface area contributed by atoms with Crippen molar-refractivity contribution < 1.29 is 9.59 Å². The van der Waals surface area contributed by atoms with E-state index in [2.05, 4.69) is 25.7 Å². The molecule has 3 amide bonds. The van der Waals surface area contributed by atoms with Gasteiger partial charge in [-0.25, -0.2) is 9.79 Å². The summed E-state index contributed by atoms with van der Waals surface area (Å²) in [6.07, 6.45) is 1.50. The Bertz CT molecular complexity index is 674. The SMILES string of the molecule is CCCNC(=O)Nc1cc(C)nn1C1=NC(=O)C(CC)C(C)=N1. The Morgan fingerprint density at radius 1 is 1.30 bits per heavy atom. The first kappa shape index (κ1) is 16.9. The molecule has 0 fully saturated rings. The number of nitrogens with zero attached hydrogens (tertiary/aromatic N) is 4. The first-order valence-electron chi connectivity index (χ1n) is 7.75. The van der Waals surface area contributed by atoms with Crippen LogP contribution < -0.4 is 10.6 Å². The van der Waals surface area contributed by atoms with Crippen molar-refractivity contribution in [2.75, 3.05) is 11.9 Å². The van der Waals surface area contributed by atoms with Crippen LogP contribution in [0.4, 0.5) is 10.6 Å². The van der Waals surface area contributed by atoms with E-state index in [1.807, 2.05) is 13.8 Å². The largest absolute Gasteiger partial charge is 0.338 e. The highest BCUT2D eigenvalue weighted by Crippen LogP contribution is 2.17. The lowest BCUT2D eigenvalue weighted by Gasteiger charge is -2.17.